The molecule has 2 amide bonds. The zero-order valence-electron chi connectivity index (χ0n) is 15.2. The van der Waals surface area contributed by atoms with Crippen molar-refractivity contribution in [2.45, 2.75) is 32.1 Å². The van der Waals surface area contributed by atoms with Gasteiger partial charge in [0, 0.05) is 39.1 Å². The topological polar surface area (TPSA) is 57.0 Å². The van der Waals surface area contributed by atoms with Crippen LogP contribution in [0.3, 0.4) is 0 Å². The highest BCUT2D eigenvalue weighted by Crippen LogP contribution is 2.20. The van der Waals surface area contributed by atoms with Gasteiger partial charge in [-0.05, 0) is 57.3 Å². The van der Waals surface area contributed by atoms with Gasteiger partial charge in [0.25, 0.3) is 5.91 Å². The summed E-state index contributed by atoms with van der Waals surface area (Å²) in [4.78, 5) is 31.0. The summed E-state index contributed by atoms with van der Waals surface area (Å²) >= 11 is 0. The Morgan fingerprint density at radius 2 is 1.92 bits per heavy atom. The van der Waals surface area contributed by atoms with E-state index in [1.165, 1.54) is 25.6 Å². The first-order chi connectivity index (χ1) is 12.1. The summed E-state index contributed by atoms with van der Waals surface area (Å²) in [5.41, 5.74) is 0. The molecule has 0 unspecified atom stereocenters. The van der Waals surface area contributed by atoms with Gasteiger partial charge in [0.05, 0.1) is 6.26 Å². The van der Waals surface area contributed by atoms with Gasteiger partial charge in [0.2, 0.25) is 5.91 Å². The quantitative estimate of drug-likeness (QED) is 0.837. The number of piperidine rings is 1. The number of nitrogens with zero attached hydrogens (tertiary/aromatic N) is 3. The molecule has 2 saturated heterocycles. The van der Waals surface area contributed by atoms with E-state index in [9.17, 15) is 9.59 Å². The van der Waals surface area contributed by atoms with Crippen LogP contribution >= 0.6 is 0 Å². The number of furan rings is 1. The fraction of sp³-hybridized carbons (Fsp3) is 0.684. The maximum Gasteiger partial charge on any atom is 0.289 e. The predicted molar refractivity (Wildman–Crippen MR) is 95.3 cm³/mol. The summed E-state index contributed by atoms with van der Waals surface area (Å²) in [7, 11) is 2.16. The standard InChI is InChI=1S/C19H29N3O3/c1-20-9-2-5-16(15-20)7-8-18(23)21-10-4-11-22(13-12-21)19(24)17-6-3-14-25-17/h3,6,14,16H,2,4-5,7-13,15H2,1H3/t16-/m1/s1. The Bertz CT molecular complexity index is 572. The van der Waals surface area contributed by atoms with E-state index in [2.05, 4.69) is 11.9 Å². The van der Waals surface area contributed by atoms with E-state index >= 15 is 0 Å². The van der Waals surface area contributed by atoms with Gasteiger partial charge in [-0.2, -0.15) is 0 Å². The summed E-state index contributed by atoms with van der Waals surface area (Å²) in [5, 5.41) is 0. The molecule has 0 aromatic carbocycles. The highest BCUT2D eigenvalue weighted by atomic mass is 16.3. The van der Waals surface area contributed by atoms with Crippen LogP contribution in [0.5, 0.6) is 0 Å². The highest BCUT2D eigenvalue weighted by Gasteiger charge is 2.25. The molecule has 0 N–H and O–H groups in total. The number of likely N-dealkylation sites (tertiary alicyclic amines) is 1. The highest BCUT2D eigenvalue weighted by molar-refractivity contribution is 5.91. The molecule has 1 aromatic rings. The third-order valence-electron chi connectivity index (χ3n) is 5.36. The van der Waals surface area contributed by atoms with Crippen LogP contribution in [0.2, 0.25) is 0 Å². The Hall–Kier alpha value is -1.82. The van der Waals surface area contributed by atoms with Crippen LogP contribution in [-0.2, 0) is 4.79 Å². The van der Waals surface area contributed by atoms with Crippen molar-refractivity contribution in [1.29, 1.82) is 0 Å². The minimum atomic E-state index is -0.0791. The van der Waals surface area contributed by atoms with Crippen LogP contribution in [0.4, 0.5) is 0 Å². The fourth-order valence-corrected chi connectivity index (χ4v) is 3.92. The van der Waals surface area contributed by atoms with Crippen molar-refractivity contribution >= 4 is 11.8 Å². The van der Waals surface area contributed by atoms with Crippen LogP contribution in [0, 0.1) is 5.92 Å². The average molecular weight is 347 g/mol. The molecule has 138 valence electrons. The van der Waals surface area contributed by atoms with E-state index < -0.39 is 0 Å². The first-order valence-electron chi connectivity index (χ1n) is 9.42. The van der Waals surface area contributed by atoms with Gasteiger partial charge in [-0.3, -0.25) is 9.59 Å². The number of carbonyl (C=O) groups excluding carboxylic acids is 2. The molecule has 3 rings (SSSR count). The minimum Gasteiger partial charge on any atom is -0.459 e. The molecule has 1 atom stereocenters. The number of hydrogen-bond acceptors (Lipinski definition) is 4. The smallest absolute Gasteiger partial charge is 0.289 e. The second-order valence-corrected chi connectivity index (χ2v) is 7.31. The molecular weight excluding hydrogens is 318 g/mol. The third kappa shape index (κ3) is 4.84. The number of rotatable bonds is 4. The molecule has 3 heterocycles. The van der Waals surface area contributed by atoms with E-state index in [0.717, 1.165) is 25.9 Å². The monoisotopic (exact) mass is 347 g/mol. The maximum atomic E-state index is 12.6. The average Bonchev–Trinajstić information content (AvgIpc) is 3.03. The summed E-state index contributed by atoms with van der Waals surface area (Å²) in [6, 6.07) is 3.42. The van der Waals surface area contributed by atoms with Crippen molar-refractivity contribution in [3.63, 3.8) is 0 Å². The molecule has 0 aliphatic carbocycles. The Kier molecular flexibility index (Phi) is 6.13. The minimum absolute atomic E-state index is 0.0791. The van der Waals surface area contributed by atoms with E-state index in [4.69, 9.17) is 4.42 Å². The summed E-state index contributed by atoms with van der Waals surface area (Å²) in [6.45, 7) is 4.91. The van der Waals surface area contributed by atoms with Crippen molar-refractivity contribution in [3.05, 3.63) is 24.2 Å². The van der Waals surface area contributed by atoms with Crippen LogP contribution in [-0.4, -0.2) is 72.8 Å². The summed E-state index contributed by atoms with van der Waals surface area (Å²) in [5.74, 6) is 1.18. The van der Waals surface area contributed by atoms with Crippen molar-refractivity contribution in [1.82, 2.24) is 14.7 Å². The fourth-order valence-electron chi connectivity index (χ4n) is 3.92. The van der Waals surface area contributed by atoms with Gasteiger partial charge in [-0.25, -0.2) is 0 Å². The lowest BCUT2D eigenvalue weighted by molar-refractivity contribution is -0.131. The second kappa shape index (κ2) is 8.52. The van der Waals surface area contributed by atoms with Gasteiger partial charge in [-0.15, -0.1) is 0 Å². The Labute approximate surface area is 149 Å². The molecule has 0 radical (unpaired) electrons. The van der Waals surface area contributed by atoms with E-state index in [1.807, 2.05) is 4.90 Å². The lowest BCUT2D eigenvalue weighted by Gasteiger charge is -2.30. The van der Waals surface area contributed by atoms with Gasteiger partial charge >= 0.3 is 0 Å². The SMILES string of the molecule is CN1CCC[C@H](CCC(=O)N2CCCN(C(=O)c3ccco3)CC2)C1. The molecule has 6 heteroatoms. The Morgan fingerprint density at radius 3 is 2.68 bits per heavy atom. The lowest BCUT2D eigenvalue weighted by atomic mass is 9.93. The first-order valence-corrected chi connectivity index (χ1v) is 9.42. The Balaban J connectivity index is 1.45. The second-order valence-electron chi connectivity index (χ2n) is 7.31. The third-order valence-corrected chi connectivity index (χ3v) is 5.36. The molecule has 0 bridgehead atoms. The maximum absolute atomic E-state index is 12.6. The van der Waals surface area contributed by atoms with E-state index in [0.29, 0.717) is 37.7 Å². The number of amides is 2. The van der Waals surface area contributed by atoms with Gasteiger partial charge in [0.1, 0.15) is 0 Å². The van der Waals surface area contributed by atoms with E-state index in [-0.39, 0.29) is 11.8 Å². The molecular formula is C19H29N3O3. The number of carbonyl (C=O) groups is 2. The molecule has 25 heavy (non-hydrogen) atoms. The Morgan fingerprint density at radius 1 is 1.12 bits per heavy atom. The zero-order chi connectivity index (χ0) is 17.6. The van der Waals surface area contributed by atoms with Gasteiger partial charge in [0.15, 0.2) is 5.76 Å². The largest absolute Gasteiger partial charge is 0.459 e. The molecule has 6 nitrogen and oxygen atoms in total. The zero-order valence-corrected chi connectivity index (χ0v) is 15.2. The van der Waals surface area contributed by atoms with Crippen molar-refractivity contribution in [3.8, 4) is 0 Å². The van der Waals surface area contributed by atoms with Crippen molar-refractivity contribution < 1.29 is 14.0 Å². The molecule has 1 aromatic heterocycles. The van der Waals surface area contributed by atoms with Crippen molar-refractivity contribution in [2.75, 3.05) is 46.3 Å². The molecule has 0 spiro atoms. The summed E-state index contributed by atoms with van der Waals surface area (Å²) in [6.07, 6.45) is 6.43. The van der Waals surface area contributed by atoms with Crippen LogP contribution in [0.1, 0.15) is 42.7 Å². The van der Waals surface area contributed by atoms with Crippen LogP contribution in [0.25, 0.3) is 0 Å². The van der Waals surface area contributed by atoms with Gasteiger partial charge in [-0.1, -0.05) is 0 Å². The molecule has 2 aliphatic heterocycles. The molecule has 0 saturated carbocycles. The van der Waals surface area contributed by atoms with Gasteiger partial charge < -0.3 is 19.1 Å². The van der Waals surface area contributed by atoms with Crippen LogP contribution in [0.15, 0.2) is 22.8 Å². The number of hydrogen-bond donors (Lipinski definition) is 0. The summed E-state index contributed by atoms with van der Waals surface area (Å²) < 4.78 is 5.20. The van der Waals surface area contributed by atoms with E-state index in [1.54, 1.807) is 17.0 Å². The van der Waals surface area contributed by atoms with Crippen molar-refractivity contribution in [2.24, 2.45) is 5.92 Å². The molecule has 2 aliphatic rings. The first kappa shape index (κ1) is 18.0. The lowest BCUT2D eigenvalue weighted by Crippen LogP contribution is -2.38. The predicted octanol–water partition coefficient (Wildman–Crippen LogP) is 2.08. The molecule has 2 fully saturated rings. The normalized spacial score (nSPS) is 22.7. The van der Waals surface area contributed by atoms with Crippen LogP contribution < -0.4 is 0 Å².